The van der Waals surface area contributed by atoms with Gasteiger partial charge in [-0.15, -0.1) is 0 Å². The Balaban J connectivity index is 2.35. The molecule has 1 fully saturated rings. The molecule has 0 aromatic carbocycles. The van der Waals surface area contributed by atoms with Crippen molar-refractivity contribution in [1.82, 2.24) is 9.29 Å². The fourth-order valence-electron chi connectivity index (χ4n) is 2.73. The summed E-state index contributed by atoms with van der Waals surface area (Å²) in [7, 11) is -2.25. The molecule has 2 atom stereocenters. The normalized spacial score (nSPS) is 22.0. The number of hydrogen-bond acceptors (Lipinski definition) is 6. The third kappa shape index (κ3) is 4.01. The first-order chi connectivity index (χ1) is 12.0. The number of hydrogen-bond donors (Lipinski definition) is 1. The minimum atomic E-state index is -4.67. The number of nitrogens with zero attached hydrogens (tertiary/aromatic N) is 1. The monoisotopic (exact) mass is 398 g/mol. The van der Waals surface area contributed by atoms with Crippen LogP contribution in [0.3, 0.4) is 0 Å². The van der Waals surface area contributed by atoms with Crippen molar-refractivity contribution < 1.29 is 40.7 Å². The van der Waals surface area contributed by atoms with Crippen molar-refractivity contribution in [2.24, 2.45) is 11.8 Å². The van der Waals surface area contributed by atoms with E-state index >= 15 is 0 Å². The summed E-state index contributed by atoms with van der Waals surface area (Å²) in [4.78, 5) is 25.1. The standard InChI is InChI=1S/C14H17F3N2O6S/c1-24-12(20)8-3-9(14(15,16)17)7-19(6-8)26(22,23)10-4-11(18-5-10)13(21)25-2/h4-5,8-9,18H,3,6-7H2,1-2H3/t8-,9+/m1/s1. The molecule has 0 aliphatic carbocycles. The van der Waals surface area contributed by atoms with Crippen LogP contribution >= 0.6 is 0 Å². The van der Waals surface area contributed by atoms with Gasteiger partial charge in [-0.05, 0) is 12.5 Å². The Kier molecular flexibility index (Phi) is 5.66. The topological polar surface area (TPSA) is 106 Å². The smallest absolute Gasteiger partial charge is 0.393 e. The van der Waals surface area contributed by atoms with E-state index in [9.17, 15) is 31.2 Å². The minimum absolute atomic E-state index is 0.167. The molecule has 2 rings (SSSR count). The van der Waals surface area contributed by atoms with Crippen LogP contribution in [0.15, 0.2) is 17.2 Å². The van der Waals surface area contributed by atoms with Crippen molar-refractivity contribution >= 4 is 22.0 Å². The van der Waals surface area contributed by atoms with Gasteiger partial charge in [-0.3, -0.25) is 4.79 Å². The second kappa shape index (κ2) is 7.27. The van der Waals surface area contributed by atoms with Gasteiger partial charge < -0.3 is 14.5 Å². The van der Waals surface area contributed by atoms with E-state index in [1.807, 2.05) is 0 Å². The van der Waals surface area contributed by atoms with Crippen LogP contribution in [0.5, 0.6) is 0 Å². The van der Waals surface area contributed by atoms with Crippen LogP contribution < -0.4 is 0 Å². The molecule has 1 aliphatic heterocycles. The molecule has 2 heterocycles. The van der Waals surface area contributed by atoms with Gasteiger partial charge in [0, 0.05) is 19.3 Å². The van der Waals surface area contributed by atoms with Crippen molar-refractivity contribution in [3.8, 4) is 0 Å². The van der Waals surface area contributed by atoms with Gasteiger partial charge in [0.1, 0.15) is 10.6 Å². The maximum Gasteiger partial charge on any atom is 0.393 e. The zero-order valence-corrected chi connectivity index (χ0v) is 14.7. The molecular weight excluding hydrogens is 381 g/mol. The van der Waals surface area contributed by atoms with Crippen LogP contribution in [0.2, 0.25) is 0 Å². The molecule has 0 amide bonds. The molecule has 1 saturated heterocycles. The lowest BCUT2D eigenvalue weighted by molar-refractivity contribution is -0.189. The van der Waals surface area contributed by atoms with Gasteiger partial charge in [-0.2, -0.15) is 17.5 Å². The van der Waals surface area contributed by atoms with Crippen LogP contribution in [0.4, 0.5) is 13.2 Å². The van der Waals surface area contributed by atoms with E-state index in [-0.39, 0.29) is 5.69 Å². The summed E-state index contributed by atoms with van der Waals surface area (Å²) in [5.41, 5.74) is -0.167. The summed E-state index contributed by atoms with van der Waals surface area (Å²) in [5.74, 6) is -4.99. The maximum absolute atomic E-state index is 13.2. The Morgan fingerprint density at radius 1 is 1.23 bits per heavy atom. The van der Waals surface area contributed by atoms with Gasteiger partial charge in [-0.1, -0.05) is 0 Å². The van der Waals surface area contributed by atoms with Crippen LogP contribution in [0.1, 0.15) is 16.9 Å². The summed E-state index contributed by atoms with van der Waals surface area (Å²) in [6.07, 6.45) is -4.25. The average Bonchev–Trinajstić information content (AvgIpc) is 3.10. The summed E-state index contributed by atoms with van der Waals surface area (Å²) in [6, 6.07) is 0.964. The highest BCUT2D eigenvalue weighted by atomic mass is 32.2. The van der Waals surface area contributed by atoms with Crippen molar-refractivity contribution in [2.75, 3.05) is 27.3 Å². The largest absolute Gasteiger partial charge is 0.469 e. The Hall–Kier alpha value is -2.08. The number of ether oxygens (including phenoxy) is 2. The van der Waals surface area contributed by atoms with E-state index < -0.39 is 64.4 Å². The highest BCUT2D eigenvalue weighted by Crippen LogP contribution is 2.37. The Bertz CT molecular complexity index is 789. The summed E-state index contributed by atoms with van der Waals surface area (Å²) in [5, 5.41) is 0. The number of piperidine rings is 1. The Morgan fingerprint density at radius 3 is 2.42 bits per heavy atom. The van der Waals surface area contributed by atoms with E-state index in [2.05, 4.69) is 14.5 Å². The van der Waals surface area contributed by atoms with Gasteiger partial charge in [-0.25, -0.2) is 13.2 Å². The van der Waals surface area contributed by atoms with Crippen molar-refractivity contribution in [2.45, 2.75) is 17.5 Å². The summed E-state index contributed by atoms with van der Waals surface area (Å²) in [6.45, 7) is -1.27. The molecule has 1 N–H and O–H groups in total. The second-order valence-electron chi connectivity index (χ2n) is 5.76. The fraction of sp³-hybridized carbons (Fsp3) is 0.571. The number of esters is 2. The molecule has 8 nitrogen and oxygen atoms in total. The highest BCUT2D eigenvalue weighted by molar-refractivity contribution is 7.89. The maximum atomic E-state index is 13.2. The first kappa shape index (κ1) is 20.2. The first-order valence-electron chi connectivity index (χ1n) is 7.42. The third-order valence-corrected chi connectivity index (χ3v) is 5.92. The molecule has 0 saturated carbocycles. The van der Waals surface area contributed by atoms with Crippen molar-refractivity contribution in [3.63, 3.8) is 0 Å². The molecule has 26 heavy (non-hydrogen) atoms. The van der Waals surface area contributed by atoms with E-state index in [4.69, 9.17) is 0 Å². The predicted molar refractivity (Wildman–Crippen MR) is 80.6 cm³/mol. The number of rotatable bonds is 4. The lowest BCUT2D eigenvalue weighted by atomic mass is 9.90. The molecule has 12 heteroatoms. The molecule has 1 aromatic heterocycles. The minimum Gasteiger partial charge on any atom is -0.469 e. The zero-order valence-electron chi connectivity index (χ0n) is 13.9. The number of alkyl halides is 3. The van der Waals surface area contributed by atoms with Gasteiger partial charge in [0.2, 0.25) is 10.0 Å². The number of aromatic nitrogens is 1. The molecule has 1 aliphatic rings. The van der Waals surface area contributed by atoms with E-state index in [0.29, 0.717) is 4.31 Å². The summed E-state index contributed by atoms with van der Waals surface area (Å²) < 4.78 is 74.3. The van der Waals surface area contributed by atoms with Crippen LogP contribution in [0, 0.1) is 11.8 Å². The highest BCUT2D eigenvalue weighted by Gasteiger charge is 2.49. The number of carbonyl (C=O) groups excluding carboxylic acids is 2. The lowest BCUT2D eigenvalue weighted by Gasteiger charge is -2.36. The van der Waals surface area contributed by atoms with Gasteiger partial charge in [0.25, 0.3) is 0 Å². The molecule has 0 unspecified atom stereocenters. The number of nitrogens with one attached hydrogen (secondary N) is 1. The lowest BCUT2D eigenvalue weighted by Crippen LogP contribution is -2.50. The number of sulfonamides is 1. The number of halogens is 3. The van der Waals surface area contributed by atoms with Gasteiger partial charge in [0.05, 0.1) is 26.1 Å². The average molecular weight is 398 g/mol. The first-order valence-corrected chi connectivity index (χ1v) is 8.86. The van der Waals surface area contributed by atoms with Gasteiger partial charge >= 0.3 is 18.1 Å². The van der Waals surface area contributed by atoms with Crippen LogP contribution in [-0.2, 0) is 24.3 Å². The Labute approximate surface area is 147 Å². The zero-order chi connectivity index (χ0) is 19.7. The van der Waals surface area contributed by atoms with E-state index in [1.54, 1.807) is 0 Å². The van der Waals surface area contributed by atoms with Gasteiger partial charge in [0.15, 0.2) is 0 Å². The third-order valence-electron chi connectivity index (χ3n) is 4.11. The number of H-pyrrole nitrogens is 1. The molecule has 1 aromatic rings. The Morgan fingerprint density at radius 2 is 1.88 bits per heavy atom. The molecule has 0 spiro atoms. The van der Waals surface area contributed by atoms with Crippen LogP contribution in [0.25, 0.3) is 0 Å². The predicted octanol–water partition coefficient (Wildman–Crippen LogP) is 1.16. The molecule has 0 radical (unpaired) electrons. The molecule has 146 valence electrons. The molecular formula is C14H17F3N2O6S. The van der Waals surface area contributed by atoms with Crippen LogP contribution in [-0.4, -0.2) is 63.1 Å². The number of aromatic amines is 1. The second-order valence-corrected chi connectivity index (χ2v) is 7.69. The number of methoxy groups -OCH3 is 2. The van der Waals surface area contributed by atoms with E-state index in [0.717, 1.165) is 26.5 Å². The summed E-state index contributed by atoms with van der Waals surface area (Å²) >= 11 is 0. The number of carbonyl (C=O) groups is 2. The van der Waals surface area contributed by atoms with Crippen molar-refractivity contribution in [1.29, 1.82) is 0 Å². The quantitative estimate of drug-likeness (QED) is 0.763. The van der Waals surface area contributed by atoms with Crippen molar-refractivity contribution in [3.05, 3.63) is 18.0 Å². The molecule has 0 bridgehead atoms. The SMILES string of the molecule is COC(=O)c1cc(S(=O)(=O)N2C[C@H](C(=O)OC)C[C@H](C(F)(F)F)C2)c[nH]1. The van der Waals surface area contributed by atoms with E-state index in [1.165, 1.54) is 0 Å². The fourth-order valence-corrected chi connectivity index (χ4v) is 4.25.